The Hall–Kier alpha value is -0.960. The Morgan fingerprint density at radius 3 is 2.86 bits per heavy atom. The molecule has 0 saturated carbocycles. The molecule has 0 spiro atoms. The molecule has 8 heteroatoms. The Morgan fingerprint density at radius 2 is 2.24 bits per heavy atom. The fourth-order valence-electron chi connectivity index (χ4n) is 2.68. The van der Waals surface area contributed by atoms with E-state index in [4.69, 9.17) is 4.74 Å². The average molecular weight is 316 g/mol. The topological polar surface area (TPSA) is 87.3 Å². The standard InChI is InChI=1S/C13H24N4O3S/c1-9-5-6-17(8-12(9)20-4)21(18,19)13-11(7-14-3)10(2)15-16-13/h9,12,14H,5-8H2,1-4H3,(H,15,16). The maximum Gasteiger partial charge on any atom is 0.262 e. The highest BCUT2D eigenvalue weighted by Crippen LogP contribution is 2.26. The van der Waals surface area contributed by atoms with Crippen LogP contribution in [-0.2, 0) is 21.3 Å². The van der Waals surface area contributed by atoms with Crippen molar-refractivity contribution in [2.45, 2.75) is 37.9 Å². The van der Waals surface area contributed by atoms with Crippen molar-refractivity contribution in [1.29, 1.82) is 0 Å². The summed E-state index contributed by atoms with van der Waals surface area (Å²) in [6, 6.07) is 0. The Bertz CT molecular complexity index is 584. The minimum atomic E-state index is -3.59. The lowest BCUT2D eigenvalue weighted by atomic mass is 9.97. The van der Waals surface area contributed by atoms with Crippen molar-refractivity contribution >= 4 is 10.0 Å². The van der Waals surface area contributed by atoms with Crippen molar-refractivity contribution in [1.82, 2.24) is 19.8 Å². The normalized spacial score (nSPS) is 24.4. The zero-order valence-electron chi connectivity index (χ0n) is 13.0. The summed E-state index contributed by atoms with van der Waals surface area (Å²) < 4.78 is 32.5. The van der Waals surface area contributed by atoms with Crippen LogP contribution >= 0.6 is 0 Å². The third kappa shape index (κ3) is 3.13. The molecule has 7 nitrogen and oxygen atoms in total. The first-order chi connectivity index (χ1) is 9.91. The van der Waals surface area contributed by atoms with Crippen LogP contribution in [0.2, 0.25) is 0 Å². The van der Waals surface area contributed by atoms with Crippen LogP contribution in [0.5, 0.6) is 0 Å². The number of hydrogen-bond acceptors (Lipinski definition) is 5. The molecular weight excluding hydrogens is 292 g/mol. The summed E-state index contributed by atoms with van der Waals surface area (Å²) >= 11 is 0. The summed E-state index contributed by atoms with van der Waals surface area (Å²) in [7, 11) is -0.178. The zero-order chi connectivity index (χ0) is 15.6. The molecule has 1 aliphatic rings. The van der Waals surface area contributed by atoms with E-state index in [1.54, 1.807) is 14.2 Å². The van der Waals surface area contributed by atoms with E-state index in [-0.39, 0.29) is 11.1 Å². The highest BCUT2D eigenvalue weighted by molar-refractivity contribution is 7.89. The fraction of sp³-hybridized carbons (Fsp3) is 0.769. The van der Waals surface area contributed by atoms with Gasteiger partial charge in [0.1, 0.15) is 0 Å². The quantitative estimate of drug-likeness (QED) is 0.825. The number of hydrogen-bond donors (Lipinski definition) is 2. The van der Waals surface area contributed by atoms with Gasteiger partial charge in [0.15, 0.2) is 5.03 Å². The first-order valence-corrected chi connectivity index (χ1v) is 8.57. The molecule has 2 heterocycles. The monoisotopic (exact) mass is 316 g/mol. The van der Waals surface area contributed by atoms with Gasteiger partial charge in [-0.3, -0.25) is 5.10 Å². The molecule has 1 aliphatic heterocycles. The maximum absolute atomic E-state index is 12.8. The van der Waals surface area contributed by atoms with E-state index in [0.717, 1.165) is 12.1 Å². The molecule has 1 saturated heterocycles. The first kappa shape index (κ1) is 16.4. The number of aromatic nitrogens is 2. The highest BCUT2D eigenvalue weighted by Gasteiger charge is 2.36. The van der Waals surface area contributed by atoms with Crippen LogP contribution < -0.4 is 5.32 Å². The second-order valence-electron chi connectivity index (χ2n) is 5.57. The summed E-state index contributed by atoms with van der Waals surface area (Å²) in [5.41, 5.74) is 1.47. The number of methoxy groups -OCH3 is 1. The molecule has 2 unspecified atom stereocenters. The van der Waals surface area contributed by atoms with Gasteiger partial charge < -0.3 is 10.1 Å². The molecule has 1 aromatic heterocycles. The number of aryl methyl sites for hydroxylation is 1. The largest absolute Gasteiger partial charge is 0.380 e. The van der Waals surface area contributed by atoms with Gasteiger partial charge in [-0.1, -0.05) is 6.92 Å². The van der Waals surface area contributed by atoms with Gasteiger partial charge in [0, 0.05) is 38.0 Å². The molecule has 0 radical (unpaired) electrons. The van der Waals surface area contributed by atoms with Crippen LogP contribution in [-0.4, -0.2) is 56.3 Å². The Kier molecular flexibility index (Phi) is 5.03. The molecule has 1 aromatic rings. The number of nitrogens with one attached hydrogen (secondary N) is 2. The van der Waals surface area contributed by atoms with Crippen molar-refractivity contribution in [3.63, 3.8) is 0 Å². The molecular formula is C13H24N4O3S. The van der Waals surface area contributed by atoms with Gasteiger partial charge >= 0.3 is 0 Å². The minimum Gasteiger partial charge on any atom is -0.380 e. The van der Waals surface area contributed by atoms with Crippen molar-refractivity contribution < 1.29 is 13.2 Å². The van der Waals surface area contributed by atoms with Gasteiger partial charge in [-0.2, -0.15) is 9.40 Å². The van der Waals surface area contributed by atoms with Crippen LogP contribution in [0.1, 0.15) is 24.6 Å². The minimum absolute atomic E-state index is 0.0682. The predicted octanol–water partition coefficient (Wildman–Crippen LogP) is 0.483. The third-order valence-electron chi connectivity index (χ3n) is 4.13. The van der Waals surface area contributed by atoms with Crippen LogP contribution in [0.3, 0.4) is 0 Å². The lowest BCUT2D eigenvalue weighted by molar-refractivity contribution is 0.0183. The number of aromatic amines is 1. The van der Waals surface area contributed by atoms with E-state index < -0.39 is 10.0 Å². The fourth-order valence-corrected chi connectivity index (χ4v) is 4.31. The van der Waals surface area contributed by atoms with Gasteiger partial charge in [-0.25, -0.2) is 8.42 Å². The number of ether oxygens (including phenoxy) is 1. The van der Waals surface area contributed by atoms with Crippen LogP contribution in [0, 0.1) is 12.8 Å². The molecule has 2 atom stereocenters. The van der Waals surface area contributed by atoms with E-state index >= 15 is 0 Å². The molecule has 0 aliphatic carbocycles. The van der Waals surface area contributed by atoms with E-state index in [2.05, 4.69) is 22.4 Å². The second-order valence-corrected chi connectivity index (χ2v) is 7.42. The molecule has 21 heavy (non-hydrogen) atoms. The Morgan fingerprint density at radius 1 is 1.52 bits per heavy atom. The molecule has 1 fully saturated rings. The molecule has 0 amide bonds. The summed E-state index contributed by atoms with van der Waals surface area (Å²) in [5, 5.41) is 9.90. The van der Waals surface area contributed by atoms with Crippen molar-refractivity contribution in [2.24, 2.45) is 5.92 Å². The number of H-pyrrole nitrogens is 1. The maximum atomic E-state index is 12.8. The lowest BCUT2D eigenvalue weighted by Gasteiger charge is -2.35. The van der Waals surface area contributed by atoms with Gasteiger partial charge in [-0.05, 0) is 26.3 Å². The summed E-state index contributed by atoms with van der Waals surface area (Å²) in [5.74, 6) is 0.360. The molecule has 120 valence electrons. The number of rotatable bonds is 5. The molecule has 2 N–H and O–H groups in total. The highest BCUT2D eigenvalue weighted by atomic mass is 32.2. The zero-order valence-corrected chi connectivity index (χ0v) is 13.8. The first-order valence-electron chi connectivity index (χ1n) is 7.13. The predicted molar refractivity (Wildman–Crippen MR) is 79.4 cm³/mol. The van der Waals surface area contributed by atoms with Gasteiger partial charge in [0.2, 0.25) is 0 Å². The van der Waals surface area contributed by atoms with E-state index in [9.17, 15) is 8.42 Å². The Labute approximate surface area is 126 Å². The van der Waals surface area contributed by atoms with Crippen LogP contribution in [0.4, 0.5) is 0 Å². The van der Waals surface area contributed by atoms with Crippen molar-refractivity contribution in [3.8, 4) is 0 Å². The number of piperidine rings is 1. The van der Waals surface area contributed by atoms with Crippen LogP contribution in [0.15, 0.2) is 5.03 Å². The SMILES string of the molecule is CNCc1c(S(=O)(=O)N2CCC(C)C(OC)C2)n[nH]c1C. The van der Waals surface area contributed by atoms with E-state index in [1.807, 2.05) is 6.92 Å². The summed E-state index contributed by atoms with van der Waals surface area (Å²) in [4.78, 5) is 0. The second kappa shape index (κ2) is 6.43. The third-order valence-corrected chi connectivity index (χ3v) is 5.97. The number of nitrogens with zero attached hydrogens (tertiary/aromatic N) is 2. The van der Waals surface area contributed by atoms with E-state index in [1.165, 1.54) is 4.31 Å². The summed E-state index contributed by atoms with van der Waals surface area (Å²) in [6.45, 7) is 5.27. The molecule has 2 rings (SSSR count). The lowest BCUT2D eigenvalue weighted by Crippen LogP contribution is -2.46. The number of sulfonamides is 1. The average Bonchev–Trinajstić information content (AvgIpc) is 2.82. The summed E-state index contributed by atoms with van der Waals surface area (Å²) in [6.07, 6.45) is 0.726. The molecule has 0 bridgehead atoms. The smallest absolute Gasteiger partial charge is 0.262 e. The molecule has 0 aromatic carbocycles. The van der Waals surface area contributed by atoms with Gasteiger partial charge in [0.25, 0.3) is 10.0 Å². The van der Waals surface area contributed by atoms with Crippen molar-refractivity contribution in [3.05, 3.63) is 11.3 Å². The van der Waals surface area contributed by atoms with Crippen molar-refractivity contribution in [2.75, 3.05) is 27.2 Å². The Balaban J connectivity index is 2.30. The van der Waals surface area contributed by atoms with E-state index in [0.29, 0.717) is 31.1 Å². The van der Waals surface area contributed by atoms with Crippen LogP contribution in [0.25, 0.3) is 0 Å². The van der Waals surface area contributed by atoms with Gasteiger partial charge in [0.05, 0.1) is 6.10 Å². The van der Waals surface area contributed by atoms with Gasteiger partial charge in [-0.15, -0.1) is 0 Å².